The van der Waals surface area contributed by atoms with E-state index < -0.39 is 6.10 Å². The van der Waals surface area contributed by atoms with Crippen LogP contribution in [0.5, 0.6) is 0 Å². The average molecular weight is 281 g/mol. The van der Waals surface area contributed by atoms with Crippen LogP contribution in [0, 0.1) is 0 Å². The third-order valence-corrected chi connectivity index (χ3v) is 2.96. The summed E-state index contributed by atoms with van der Waals surface area (Å²) in [5.74, 6) is -0.171. The first kappa shape index (κ1) is 21.2. The van der Waals surface area contributed by atoms with Gasteiger partial charge in [-0.2, -0.15) is 0 Å². The second kappa shape index (κ2) is 12.9. The Morgan fingerprint density at radius 2 is 1.85 bits per heavy atom. The summed E-state index contributed by atoms with van der Waals surface area (Å²) in [5, 5.41) is 0. The maximum atomic E-state index is 11.7. The zero-order valence-electron chi connectivity index (χ0n) is 12.9. The van der Waals surface area contributed by atoms with Crippen molar-refractivity contribution < 1.29 is 19.1 Å². The largest absolute Gasteiger partial charge is 0.460 e. The van der Waals surface area contributed by atoms with Crippen molar-refractivity contribution in [1.29, 1.82) is 0 Å². The van der Waals surface area contributed by atoms with Gasteiger partial charge in [-0.3, -0.25) is 0 Å². The zero-order valence-corrected chi connectivity index (χ0v) is 12.9. The van der Waals surface area contributed by atoms with Crippen LogP contribution in [0.3, 0.4) is 0 Å². The van der Waals surface area contributed by atoms with Crippen LogP contribution in [-0.4, -0.2) is 39.5 Å². The van der Waals surface area contributed by atoms with Gasteiger partial charge in [0.15, 0.2) is 6.10 Å². The van der Waals surface area contributed by atoms with Gasteiger partial charge >= 0.3 is 5.97 Å². The van der Waals surface area contributed by atoms with Gasteiger partial charge in [-0.05, 0) is 46.0 Å². The molecule has 0 bridgehead atoms. The molecule has 0 N–H and O–H groups in total. The molecule has 0 saturated heterocycles. The molecule has 2 atom stereocenters. The Hall–Kier alpha value is -1.10. The summed E-state index contributed by atoms with van der Waals surface area (Å²) in [6.07, 6.45) is 5.82. The Bertz CT molecular complexity index is 292. The van der Waals surface area contributed by atoms with Crippen molar-refractivity contribution in [3.8, 4) is 0 Å². The molecule has 0 spiro atoms. The molecule has 0 aliphatic carbocycles. The fourth-order valence-electron chi connectivity index (χ4n) is 1.69. The van der Waals surface area contributed by atoms with E-state index in [9.17, 15) is 9.59 Å². The number of esters is 1. The minimum Gasteiger partial charge on any atom is -0.460 e. The first-order chi connectivity index (χ1) is 9.01. The van der Waals surface area contributed by atoms with Gasteiger partial charge in [0, 0.05) is 21.9 Å². The van der Waals surface area contributed by atoms with E-state index in [0.29, 0.717) is 6.42 Å². The molecule has 0 aliphatic heterocycles. The molecule has 0 amide bonds. The predicted octanol–water partition coefficient (Wildman–Crippen LogP) is 2.67. The van der Waals surface area contributed by atoms with E-state index in [-0.39, 0.29) is 26.3 Å². The topological polar surface area (TPSA) is 52.6 Å². The SMILES string of the molecule is C=CCCCC(CCCC(C)=O)OC(=O)C(C)OC.[B]. The molecular formula is C15H26BO4. The number of hydrogen-bond acceptors (Lipinski definition) is 4. The molecule has 0 aliphatic rings. The van der Waals surface area contributed by atoms with Crippen molar-refractivity contribution >= 4 is 20.2 Å². The van der Waals surface area contributed by atoms with Crippen molar-refractivity contribution in [2.45, 2.75) is 64.6 Å². The Morgan fingerprint density at radius 3 is 2.35 bits per heavy atom. The van der Waals surface area contributed by atoms with Gasteiger partial charge in [0.1, 0.15) is 11.9 Å². The number of hydrogen-bond donors (Lipinski definition) is 0. The van der Waals surface area contributed by atoms with Crippen molar-refractivity contribution in [3.05, 3.63) is 12.7 Å². The second-order valence-corrected chi connectivity index (χ2v) is 4.75. The van der Waals surface area contributed by atoms with Gasteiger partial charge in [0.25, 0.3) is 0 Å². The molecule has 0 fully saturated rings. The summed E-state index contributed by atoms with van der Waals surface area (Å²) in [6, 6.07) is 0. The van der Waals surface area contributed by atoms with Crippen LogP contribution in [0.25, 0.3) is 0 Å². The van der Waals surface area contributed by atoms with Gasteiger partial charge in [-0.15, -0.1) is 6.58 Å². The third kappa shape index (κ3) is 10.8. The van der Waals surface area contributed by atoms with Gasteiger partial charge in [-0.1, -0.05) is 6.08 Å². The Balaban J connectivity index is 0. The summed E-state index contributed by atoms with van der Waals surface area (Å²) in [4.78, 5) is 22.6. The van der Waals surface area contributed by atoms with Crippen LogP contribution in [0.4, 0.5) is 0 Å². The number of ether oxygens (including phenoxy) is 2. The minimum absolute atomic E-state index is 0. The lowest BCUT2D eigenvalue weighted by atomic mass is 10.0. The van der Waals surface area contributed by atoms with Gasteiger partial charge in [0.05, 0.1) is 0 Å². The number of Topliss-reactive ketones (excluding diaryl/α,β-unsaturated/α-hetero) is 1. The third-order valence-electron chi connectivity index (χ3n) is 2.96. The number of methoxy groups -OCH3 is 1. The van der Waals surface area contributed by atoms with Crippen molar-refractivity contribution in [2.75, 3.05) is 7.11 Å². The normalized spacial score (nSPS) is 12.9. The van der Waals surface area contributed by atoms with Gasteiger partial charge < -0.3 is 14.3 Å². The minimum atomic E-state index is -0.547. The summed E-state index contributed by atoms with van der Waals surface area (Å²) in [5.41, 5.74) is 0. The predicted molar refractivity (Wildman–Crippen MR) is 80.7 cm³/mol. The number of allylic oxidation sites excluding steroid dienone is 1. The fraction of sp³-hybridized carbons (Fsp3) is 0.733. The first-order valence-corrected chi connectivity index (χ1v) is 6.84. The number of unbranched alkanes of at least 4 members (excludes halogenated alkanes) is 1. The lowest BCUT2D eigenvalue weighted by molar-refractivity contribution is -0.160. The van der Waals surface area contributed by atoms with E-state index in [4.69, 9.17) is 9.47 Å². The first-order valence-electron chi connectivity index (χ1n) is 6.84. The van der Waals surface area contributed by atoms with Gasteiger partial charge in [-0.25, -0.2) is 4.79 Å². The van der Waals surface area contributed by atoms with E-state index in [1.54, 1.807) is 13.8 Å². The summed E-state index contributed by atoms with van der Waals surface area (Å²) in [7, 11) is 1.48. The molecule has 3 radical (unpaired) electrons. The monoisotopic (exact) mass is 281 g/mol. The van der Waals surface area contributed by atoms with Crippen molar-refractivity contribution in [2.24, 2.45) is 0 Å². The highest BCUT2D eigenvalue weighted by Crippen LogP contribution is 2.14. The highest BCUT2D eigenvalue weighted by Gasteiger charge is 2.19. The smallest absolute Gasteiger partial charge is 0.335 e. The Labute approximate surface area is 124 Å². The van der Waals surface area contributed by atoms with Crippen LogP contribution in [0.15, 0.2) is 12.7 Å². The highest BCUT2D eigenvalue weighted by molar-refractivity contribution is 5.76. The standard InChI is InChI=1S/C15H26O4.B/c1-5-6-7-10-14(11-8-9-12(2)16)19-15(17)13(3)18-4;/h5,13-14H,1,6-11H2,2-4H3;. The van der Waals surface area contributed by atoms with Crippen LogP contribution in [-0.2, 0) is 19.1 Å². The van der Waals surface area contributed by atoms with E-state index >= 15 is 0 Å². The maximum absolute atomic E-state index is 11.7. The summed E-state index contributed by atoms with van der Waals surface area (Å²) >= 11 is 0. The Morgan fingerprint density at radius 1 is 1.25 bits per heavy atom. The van der Waals surface area contributed by atoms with E-state index in [0.717, 1.165) is 32.1 Å². The maximum Gasteiger partial charge on any atom is 0.335 e. The number of carbonyl (C=O) groups is 2. The molecule has 0 aromatic rings. The van der Waals surface area contributed by atoms with Crippen molar-refractivity contribution in [3.63, 3.8) is 0 Å². The molecule has 0 aromatic carbocycles. The molecule has 0 saturated carbocycles. The van der Waals surface area contributed by atoms with Crippen LogP contribution in [0.2, 0.25) is 0 Å². The number of carbonyl (C=O) groups excluding carboxylic acids is 2. The van der Waals surface area contributed by atoms with Crippen LogP contribution >= 0.6 is 0 Å². The molecule has 20 heavy (non-hydrogen) atoms. The van der Waals surface area contributed by atoms with E-state index in [1.807, 2.05) is 6.08 Å². The highest BCUT2D eigenvalue weighted by atomic mass is 16.6. The zero-order chi connectivity index (χ0) is 14.7. The van der Waals surface area contributed by atoms with Crippen LogP contribution in [0.1, 0.15) is 52.4 Å². The molecule has 113 valence electrons. The Kier molecular flexibility index (Phi) is 13.7. The molecule has 0 aromatic heterocycles. The van der Waals surface area contributed by atoms with Crippen LogP contribution < -0.4 is 0 Å². The van der Waals surface area contributed by atoms with E-state index in [2.05, 4.69) is 6.58 Å². The van der Waals surface area contributed by atoms with E-state index in [1.165, 1.54) is 7.11 Å². The molecule has 4 nitrogen and oxygen atoms in total. The summed E-state index contributed by atoms with van der Waals surface area (Å²) in [6.45, 7) is 6.91. The lowest BCUT2D eigenvalue weighted by Gasteiger charge is -2.19. The van der Waals surface area contributed by atoms with Crippen molar-refractivity contribution in [1.82, 2.24) is 0 Å². The molecular weight excluding hydrogens is 255 g/mol. The number of rotatable bonds is 11. The average Bonchev–Trinajstić information content (AvgIpc) is 2.37. The second-order valence-electron chi connectivity index (χ2n) is 4.75. The number of ketones is 1. The molecule has 5 heteroatoms. The molecule has 2 unspecified atom stereocenters. The van der Waals surface area contributed by atoms with Gasteiger partial charge in [0.2, 0.25) is 0 Å². The lowest BCUT2D eigenvalue weighted by Crippen LogP contribution is -2.27. The molecule has 0 rings (SSSR count). The fourth-order valence-corrected chi connectivity index (χ4v) is 1.69. The quantitative estimate of drug-likeness (QED) is 0.253. The molecule has 0 heterocycles. The summed E-state index contributed by atoms with van der Waals surface area (Å²) < 4.78 is 10.4.